The molecule has 0 aliphatic rings. The minimum Gasteiger partial charge on any atom is -0.389 e. The molecule has 2 unspecified atom stereocenters. The molecular weight excluding hydrogens is 244 g/mol. The van der Waals surface area contributed by atoms with Crippen LogP contribution in [0.25, 0.3) is 0 Å². The first-order valence-electron chi connectivity index (χ1n) is 6.37. The lowest BCUT2D eigenvalue weighted by atomic mass is 10.0. The molecule has 0 spiro atoms. The van der Waals surface area contributed by atoms with Crippen molar-refractivity contribution < 1.29 is 14.6 Å². The molecule has 0 fully saturated rings. The van der Waals surface area contributed by atoms with Gasteiger partial charge in [0.25, 0.3) is 0 Å². The Morgan fingerprint density at radius 3 is 2.74 bits per heavy atom. The SMILES string of the molecule is COCC(O)CNC(=O)CCC(N)c1ccccc1. The molecule has 0 heterocycles. The summed E-state index contributed by atoms with van der Waals surface area (Å²) in [5.74, 6) is -0.110. The van der Waals surface area contributed by atoms with E-state index in [4.69, 9.17) is 10.5 Å². The molecule has 0 bridgehead atoms. The lowest BCUT2D eigenvalue weighted by Gasteiger charge is -2.13. The van der Waals surface area contributed by atoms with Crippen molar-refractivity contribution in [1.29, 1.82) is 0 Å². The van der Waals surface area contributed by atoms with E-state index in [1.807, 2.05) is 30.3 Å². The number of rotatable bonds is 8. The highest BCUT2D eigenvalue weighted by molar-refractivity contribution is 5.75. The van der Waals surface area contributed by atoms with Gasteiger partial charge < -0.3 is 20.9 Å². The monoisotopic (exact) mass is 266 g/mol. The van der Waals surface area contributed by atoms with Crippen LogP contribution in [0.4, 0.5) is 0 Å². The van der Waals surface area contributed by atoms with E-state index in [0.29, 0.717) is 12.8 Å². The van der Waals surface area contributed by atoms with Gasteiger partial charge in [0.2, 0.25) is 5.91 Å². The van der Waals surface area contributed by atoms with E-state index >= 15 is 0 Å². The average molecular weight is 266 g/mol. The van der Waals surface area contributed by atoms with Crippen molar-refractivity contribution in [2.75, 3.05) is 20.3 Å². The van der Waals surface area contributed by atoms with E-state index in [2.05, 4.69) is 5.32 Å². The number of methoxy groups -OCH3 is 1. The topological polar surface area (TPSA) is 84.6 Å². The molecule has 1 amide bonds. The standard InChI is InChI=1S/C14H22N2O3/c1-19-10-12(17)9-16-14(18)8-7-13(15)11-5-3-2-4-6-11/h2-6,12-13,17H,7-10,15H2,1H3,(H,16,18). The van der Waals surface area contributed by atoms with Crippen LogP contribution in [0, 0.1) is 0 Å². The number of carbonyl (C=O) groups excluding carboxylic acids is 1. The summed E-state index contributed by atoms with van der Waals surface area (Å²) in [7, 11) is 1.50. The molecule has 5 nitrogen and oxygen atoms in total. The fourth-order valence-corrected chi connectivity index (χ4v) is 1.72. The maximum Gasteiger partial charge on any atom is 0.220 e. The Kier molecular flexibility index (Phi) is 7.10. The second-order valence-electron chi connectivity index (χ2n) is 4.47. The third kappa shape index (κ3) is 6.33. The highest BCUT2D eigenvalue weighted by Crippen LogP contribution is 2.14. The smallest absolute Gasteiger partial charge is 0.220 e. The molecule has 106 valence electrons. The number of benzene rings is 1. The molecule has 19 heavy (non-hydrogen) atoms. The third-order valence-electron chi connectivity index (χ3n) is 2.80. The summed E-state index contributed by atoms with van der Waals surface area (Å²) in [5, 5.41) is 12.0. The molecule has 1 aromatic rings. The molecule has 1 rings (SSSR count). The number of nitrogens with two attached hydrogens (primary N) is 1. The van der Waals surface area contributed by atoms with E-state index < -0.39 is 6.10 Å². The van der Waals surface area contributed by atoms with Crippen LogP contribution in [0.1, 0.15) is 24.4 Å². The van der Waals surface area contributed by atoms with Crippen LogP contribution in [0.5, 0.6) is 0 Å². The molecule has 0 saturated carbocycles. The Hall–Kier alpha value is -1.43. The van der Waals surface area contributed by atoms with Gasteiger partial charge in [0.05, 0.1) is 12.7 Å². The van der Waals surface area contributed by atoms with Crippen LogP contribution < -0.4 is 11.1 Å². The van der Waals surface area contributed by atoms with E-state index in [1.54, 1.807) is 0 Å². The number of hydrogen-bond donors (Lipinski definition) is 3. The lowest BCUT2D eigenvalue weighted by molar-refractivity contribution is -0.121. The fraction of sp³-hybridized carbons (Fsp3) is 0.500. The summed E-state index contributed by atoms with van der Waals surface area (Å²) < 4.78 is 4.77. The van der Waals surface area contributed by atoms with Crippen molar-refractivity contribution in [1.82, 2.24) is 5.32 Å². The van der Waals surface area contributed by atoms with Gasteiger partial charge in [0.1, 0.15) is 0 Å². The van der Waals surface area contributed by atoms with Crippen LogP contribution in [0.2, 0.25) is 0 Å². The van der Waals surface area contributed by atoms with Crippen molar-refractivity contribution in [3.05, 3.63) is 35.9 Å². The normalized spacial score (nSPS) is 13.8. The van der Waals surface area contributed by atoms with E-state index in [1.165, 1.54) is 7.11 Å². The van der Waals surface area contributed by atoms with Crippen LogP contribution >= 0.6 is 0 Å². The van der Waals surface area contributed by atoms with Gasteiger partial charge in [0.15, 0.2) is 0 Å². The molecule has 1 aromatic carbocycles. The summed E-state index contributed by atoms with van der Waals surface area (Å²) >= 11 is 0. The second kappa shape index (κ2) is 8.63. The quantitative estimate of drug-likeness (QED) is 0.643. The van der Waals surface area contributed by atoms with Crippen molar-refractivity contribution in [2.24, 2.45) is 5.73 Å². The van der Waals surface area contributed by atoms with Gasteiger partial charge >= 0.3 is 0 Å². The van der Waals surface area contributed by atoms with Crippen molar-refractivity contribution >= 4 is 5.91 Å². The molecule has 0 aliphatic heterocycles. The van der Waals surface area contributed by atoms with Crippen LogP contribution in [0.3, 0.4) is 0 Å². The molecule has 0 saturated heterocycles. The average Bonchev–Trinajstić information content (AvgIpc) is 2.44. The summed E-state index contributed by atoms with van der Waals surface area (Å²) in [6, 6.07) is 9.54. The van der Waals surface area contributed by atoms with Gasteiger partial charge in [-0.15, -0.1) is 0 Å². The molecule has 5 heteroatoms. The summed E-state index contributed by atoms with van der Waals surface area (Å²) in [5.41, 5.74) is 7.02. The predicted octanol–water partition coefficient (Wildman–Crippen LogP) is 0.590. The summed E-state index contributed by atoms with van der Waals surface area (Å²) in [6.07, 6.45) is 0.253. The molecule has 0 aliphatic carbocycles. The predicted molar refractivity (Wildman–Crippen MR) is 73.5 cm³/mol. The number of aliphatic hydroxyl groups excluding tert-OH is 1. The van der Waals surface area contributed by atoms with Crippen molar-refractivity contribution in [3.63, 3.8) is 0 Å². The Balaban J connectivity index is 2.23. The van der Waals surface area contributed by atoms with Gasteiger partial charge in [-0.05, 0) is 12.0 Å². The largest absolute Gasteiger partial charge is 0.389 e. The zero-order valence-electron chi connectivity index (χ0n) is 11.2. The Bertz CT molecular complexity index is 370. The zero-order valence-corrected chi connectivity index (χ0v) is 11.2. The molecule has 2 atom stereocenters. The summed E-state index contributed by atoms with van der Waals surface area (Å²) in [6.45, 7) is 0.414. The maximum absolute atomic E-state index is 11.6. The van der Waals surface area contributed by atoms with Crippen LogP contribution in [-0.4, -0.2) is 37.4 Å². The van der Waals surface area contributed by atoms with Crippen LogP contribution in [-0.2, 0) is 9.53 Å². The van der Waals surface area contributed by atoms with Gasteiger partial charge in [-0.2, -0.15) is 0 Å². The molecule has 0 aromatic heterocycles. The number of ether oxygens (including phenoxy) is 1. The van der Waals surface area contributed by atoms with Gasteiger partial charge in [-0.25, -0.2) is 0 Å². The zero-order chi connectivity index (χ0) is 14.1. The van der Waals surface area contributed by atoms with E-state index in [0.717, 1.165) is 5.56 Å². The van der Waals surface area contributed by atoms with Crippen molar-refractivity contribution in [3.8, 4) is 0 Å². The van der Waals surface area contributed by atoms with E-state index in [9.17, 15) is 9.90 Å². The Morgan fingerprint density at radius 2 is 2.11 bits per heavy atom. The number of nitrogens with one attached hydrogen (secondary N) is 1. The molecule has 4 N–H and O–H groups in total. The first kappa shape index (κ1) is 15.6. The third-order valence-corrected chi connectivity index (χ3v) is 2.80. The van der Waals surface area contributed by atoms with Crippen LogP contribution in [0.15, 0.2) is 30.3 Å². The van der Waals surface area contributed by atoms with Gasteiger partial charge in [-0.1, -0.05) is 30.3 Å². The van der Waals surface area contributed by atoms with Gasteiger partial charge in [-0.3, -0.25) is 4.79 Å². The fourth-order valence-electron chi connectivity index (χ4n) is 1.72. The van der Waals surface area contributed by atoms with Gasteiger partial charge in [0, 0.05) is 26.1 Å². The number of aliphatic hydroxyl groups is 1. The maximum atomic E-state index is 11.6. The highest BCUT2D eigenvalue weighted by Gasteiger charge is 2.10. The number of hydrogen-bond acceptors (Lipinski definition) is 4. The first-order valence-corrected chi connectivity index (χ1v) is 6.37. The Morgan fingerprint density at radius 1 is 1.42 bits per heavy atom. The highest BCUT2D eigenvalue weighted by atomic mass is 16.5. The van der Waals surface area contributed by atoms with Crippen molar-refractivity contribution in [2.45, 2.75) is 25.0 Å². The lowest BCUT2D eigenvalue weighted by Crippen LogP contribution is -2.34. The first-order chi connectivity index (χ1) is 9.13. The number of carbonyl (C=O) groups is 1. The van der Waals surface area contributed by atoms with E-state index in [-0.39, 0.29) is 25.1 Å². The minimum atomic E-state index is -0.670. The Labute approximate surface area is 113 Å². The second-order valence-corrected chi connectivity index (χ2v) is 4.47. The molecular formula is C14H22N2O3. The minimum absolute atomic E-state index is 0.110. The molecule has 0 radical (unpaired) electrons. The summed E-state index contributed by atoms with van der Waals surface area (Å²) in [4.78, 5) is 11.6. The number of amides is 1.